The van der Waals surface area contributed by atoms with Crippen molar-refractivity contribution in [1.29, 1.82) is 0 Å². The lowest BCUT2D eigenvalue weighted by molar-refractivity contribution is -0.119. The van der Waals surface area contributed by atoms with E-state index in [0.29, 0.717) is 22.0 Å². The number of nitrogens with one attached hydrogen (secondary N) is 2. The van der Waals surface area contributed by atoms with Crippen LogP contribution in [0.4, 0.5) is 0 Å². The van der Waals surface area contributed by atoms with Crippen LogP contribution in [0.25, 0.3) is 0 Å². The topological polar surface area (TPSA) is 74.8 Å². The maximum Gasteiger partial charge on any atom is 0.251 e. The summed E-state index contributed by atoms with van der Waals surface area (Å²) in [6, 6.07) is 1.45. The average Bonchev–Trinajstić information content (AvgIpc) is 2.50. The fourth-order valence-electron chi connectivity index (χ4n) is 5.87. The van der Waals surface area contributed by atoms with E-state index in [9.17, 15) is 9.59 Å². The fourth-order valence-corrected chi connectivity index (χ4v) is 6.62. The number of H-pyrrole nitrogens is 1. The lowest BCUT2D eigenvalue weighted by Gasteiger charge is -2.57. The van der Waals surface area contributed by atoms with E-state index >= 15 is 0 Å². The number of amides is 1. The molecule has 4 saturated carbocycles. The van der Waals surface area contributed by atoms with Gasteiger partial charge in [0, 0.05) is 18.3 Å². The number of nitrogens with zero attached hydrogens (tertiary/aromatic N) is 1. The van der Waals surface area contributed by atoms with E-state index in [1.165, 1.54) is 56.4 Å². The van der Waals surface area contributed by atoms with E-state index in [-0.39, 0.29) is 11.5 Å². The van der Waals surface area contributed by atoms with Crippen LogP contribution in [0.2, 0.25) is 0 Å². The Bertz CT molecular complexity index is 680. The van der Waals surface area contributed by atoms with Crippen molar-refractivity contribution in [2.24, 2.45) is 23.2 Å². The molecule has 0 unspecified atom stereocenters. The smallest absolute Gasteiger partial charge is 0.251 e. The molecule has 2 N–H and O–H groups in total. The summed E-state index contributed by atoms with van der Waals surface area (Å²) in [5.41, 5.74) is 1.02. The second-order valence-electron chi connectivity index (χ2n) is 8.50. The molecule has 0 radical (unpaired) electrons. The first-order valence-electron chi connectivity index (χ1n) is 9.47. The molecule has 6 heteroatoms. The Labute approximate surface area is 152 Å². The van der Waals surface area contributed by atoms with Crippen LogP contribution >= 0.6 is 11.8 Å². The van der Waals surface area contributed by atoms with Crippen molar-refractivity contribution in [2.45, 2.75) is 57.0 Å². The Hall–Kier alpha value is -1.30. The van der Waals surface area contributed by atoms with E-state index in [0.717, 1.165) is 30.7 Å². The maximum absolute atomic E-state index is 12.1. The number of rotatable bonds is 6. The van der Waals surface area contributed by atoms with Crippen LogP contribution in [-0.4, -0.2) is 28.2 Å². The van der Waals surface area contributed by atoms with Crippen molar-refractivity contribution in [3.63, 3.8) is 0 Å². The summed E-state index contributed by atoms with van der Waals surface area (Å²) in [5, 5.41) is 3.59. The molecule has 1 aromatic heterocycles. The molecular weight excluding hydrogens is 334 g/mol. The van der Waals surface area contributed by atoms with Crippen LogP contribution in [0.5, 0.6) is 0 Å². The molecule has 5 nitrogen and oxygen atoms in total. The van der Waals surface area contributed by atoms with Crippen LogP contribution < -0.4 is 10.9 Å². The van der Waals surface area contributed by atoms with Gasteiger partial charge >= 0.3 is 0 Å². The Morgan fingerprint density at radius 3 is 2.52 bits per heavy atom. The Morgan fingerprint density at radius 2 is 1.92 bits per heavy atom. The van der Waals surface area contributed by atoms with Crippen LogP contribution in [0.15, 0.2) is 16.0 Å². The third-order valence-electron chi connectivity index (χ3n) is 6.33. The van der Waals surface area contributed by atoms with Crippen molar-refractivity contribution < 1.29 is 4.79 Å². The van der Waals surface area contributed by atoms with Gasteiger partial charge in [-0.1, -0.05) is 11.8 Å². The summed E-state index contributed by atoms with van der Waals surface area (Å²) in [5.74, 6) is 3.21. The van der Waals surface area contributed by atoms with Crippen molar-refractivity contribution >= 4 is 17.7 Å². The molecule has 0 aliphatic heterocycles. The normalized spacial score (nSPS) is 32.8. The number of carbonyl (C=O) groups excluding carboxylic acids is 1. The number of hydrogen-bond acceptors (Lipinski definition) is 4. The van der Waals surface area contributed by atoms with Crippen LogP contribution in [0.3, 0.4) is 0 Å². The predicted octanol–water partition coefficient (Wildman–Crippen LogP) is 2.89. The van der Waals surface area contributed by atoms with E-state index in [1.54, 1.807) is 6.92 Å². The SMILES string of the molecule is Cc1cc(=O)[nH]c(SCC(=O)NCCC23CC4CC(CC(C4)C2)C3)n1. The summed E-state index contributed by atoms with van der Waals surface area (Å²) in [4.78, 5) is 30.4. The molecule has 1 heterocycles. The van der Waals surface area contributed by atoms with Gasteiger partial charge in [0.05, 0.1) is 5.75 Å². The highest BCUT2D eigenvalue weighted by Crippen LogP contribution is 2.61. The molecule has 1 amide bonds. The van der Waals surface area contributed by atoms with E-state index in [4.69, 9.17) is 0 Å². The molecule has 0 aromatic carbocycles. The molecule has 4 bridgehead atoms. The Morgan fingerprint density at radius 1 is 1.28 bits per heavy atom. The van der Waals surface area contributed by atoms with Gasteiger partial charge in [0.1, 0.15) is 0 Å². The van der Waals surface area contributed by atoms with Crippen LogP contribution in [-0.2, 0) is 4.79 Å². The summed E-state index contributed by atoms with van der Waals surface area (Å²) >= 11 is 1.29. The van der Waals surface area contributed by atoms with Gasteiger partial charge < -0.3 is 10.3 Å². The highest BCUT2D eigenvalue weighted by atomic mass is 32.2. The minimum atomic E-state index is -0.169. The van der Waals surface area contributed by atoms with Gasteiger partial charge in [0.15, 0.2) is 5.16 Å². The molecular formula is C19H27N3O2S. The summed E-state index contributed by atoms with van der Waals surface area (Å²) in [7, 11) is 0. The minimum absolute atomic E-state index is 0.0267. The van der Waals surface area contributed by atoms with Crippen molar-refractivity contribution in [3.05, 3.63) is 22.1 Å². The van der Waals surface area contributed by atoms with E-state index in [2.05, 4.69) is 15.3 Å². The minimum Gasteiger partial charge on any atom is -0.355 e. The van der Waals surface area contributed by atoms with Gasteiger partial charge in [-0.15, -0.1) is 0 Å². The second-order valence-corrected chi connectivity index (χ2v) is 9.46. The molecule has 136 valence electrons. The predicted molar refractivity (Wildman–Crippen MR) is 98.6 cm³/mol. The Kier molecular flexibility index (Phi) is 4.65. The first-order valence-corrected chi connectivity index (χ1v) is 10.5. The molecule has 0 atom stereocenters. The number of aryl methyl sites for hydroxylation is 1. The zero-order valence-electron chi connectivity index (χ0n) is 14.8. The molecule has 4 aliphatic rings. The fraction of sp³-hybridized carbons (Fsp3) is 0.737. The third kappa shape index (κ3) is 3.94. The number of carbonyl (C=O) groups is 1. The number of hydrogen-bond donors (Lipinski definition) is 2. The van der Waals surface area contributed by atoms with Gasteiger partial charge in [-0.3, -0.25) is 9.59 Å². The number of thioether (sulfide) groups is 1. The van der Waals surface area contributed by atoms with E-state index < -0.39 is 0 Å². The number of aromatic nitrogens is 2. The molecule has 0 saturated heterocycles. The summed E-state index contributed by atoms with van der Waals surface area (Å²) in [6.07, 6.45) is 9.68. The monoisotopic (exact) mass is 361 g/mol. The highest BCUT2D eigenvalue weighted by molar-refractivity contribution is 7.99. The molecule has 25 heavy (non-hydrogen) atoms. The van der Waals surface area contributed by atoms with Crippen molar-refractivity contribution in [3.8, 4) is 0 Å². The highest BCUT2D eigenvalue weighted by Gasteiger charge is 2.50. The second kappa shape index (κ2) is 6.78. The summed E-state index contributed by atoms with van der Waals surface area (Å²) < 4.78 is 0. The van der Waals surface area contributed by atoms with Gasteiger partial charge in [-0.25, -0.2) is 4.98 Å². The van der Waals surface area contributed by atoms with Crippen molar-refractivity contribution in [2.75, 3.05) is 12.3 Å². The summed E-state index contributed by atoms with van der Waals surface area (Å²) in [6.45, 7) is 2.56. The third-order valence-corrected chi connectivity index (χ3v) is 7.20. The van der Waals surface area contributed by atoms with Gasteiger partial charge in [0.25, 0.3) is 5.56 Å². The van der Waals surface area contributed by atoms with Crippen molar-refractivity contribution in [1.82, 2.24) is 15.3 Å². The molecule has 0 spiro atoms. The maximum atomic E-state index is 12.1. The average molecular weight is 362 g/mol. The van der Waals surface area contributed by atoms with Gasteiger partial charge in [-0.2, -0.15) is 0 Å². The molecule has 4 fully saturated rings. The zero-order chi connectivity index (χ0) is 17.4. The largest absolute Gasteiger partial charge is 0.355 e. The zero-order valence-corrected chi connectivity index (χ0v) is 15.7. The first kappa shape index (κ1) is 17.1. The Balaban J connectivity index is 1.23. The van der Waals surface area contributed by atoms with E-state index in [1.807, 2.05) is 0 Å². The quantitative estimate of drug-likeness (QED) is 0.603. The lowest BCUT2D eigenvalue weighted by Crippen LogP contribution is -2.47. The number of aromatic amines is 1. The van der Waals surface area contributed by atoms with Crippen LogP contribution in [0, 0.1) is 30.1 Å². The van der Waals surface area contributed by atoms with Gasteiger partial charge in [0.2, 0.25) is 5.91 Å². The molecule has 5 rings (SSSR count). The van der Waals surface area contributed by atoms with Gasteiger partial charge in [-0.05, 0) is 75.0 Å². The van der Waals surface area contributed by atoms with Crippen LogP contribution in [0.1, 0.15) is 50.6 Å². The standard InChI is InChI=1S/C19H27N3O2S/c1-12-4-16(23)22-18(21-12)25-11-17(24)20-3-2-19-8-13-5-14(9-19)7-15(6-13)10-19/h4,13-15H,2-3,5-11H2,1H3,(H,20,24)(H,21,22,23). The first-order chi connectivity index (χ1) is 12.0. The molecule has 4 aliphatic carbocycles. The lowest BCUT2D eigenvalue weighted by atomic mass is 9.49. The molecule has 1 aromatic rings.